The number of carbonyl (C=O) groups excluding carboxylic acids is 1. The van der Waals surface area contributed by atoms with Crippen molar-refractivity contribution in [3.8, 4) is 17.3 Å². The van der Waals surface area contributed by atoms with E-state index in [2.05, 4.69) is 18.0 Å². The number of nitrogens with two attached hydrogens (primary N) is 1. The van der Waals surface area contributed by atoms with Crippen molar-refractivity contribution >= 4 is 68.8 Å². The quantitative estimate of drug-likeness (QED) is 0.148. The maximum absolute atomic E-state index is 15.6. The molecule has 0 aliphatic carbocycles. The van der Waals surface area contributed by atoms with Gasteiger partial charge in [-0.05, 0) is 42.8 Å². The molecule has 14 heteroatoms. The van der Waals surface area contributed by atoms with E-state index in [1.54, 1.807) is 17.2 Å². The van der Waals surface area contributed by atoms with Gasteiger partial charge in [-0.2, -0.15) is 5.26 Å². The van der Waals surface area contributed by atoms with E-state index >= 15 is 4.39 Å². The van der Waals surface area contributed by atoms with Gasteiger partial charge in [0.2, 0.25) is 5.91 Å². The summed E-state index contributed by atoms with van der Waals surface area (Å²) in [7, 11) is 0. The Morgan fingerprint density at radius 3 is 2.47 bits per heavy atom. The number of hydrogen-bond acceptors (Lipinski definition) is 7. The summed E-state index contributed by atoms with van der Waals surface area (Å²) in [6, 6.07) is 3.17. The smallest absolute Gasteiger partial charge is 0.276 e. The first-order valence-electron chi connectivity index (χ1n) is 13.9. The van der Waals surface area contributed by atoms with E-state index < -0.39 is 38.5 Å². The lowest BCUT2D eigenvalue weighted by atomic mass is 9.94. The fourth-order valence-corrected chi connectivity index (χ4v) is 6.44. The Morgan fingerprint density at radius 1 is 1.20 bits per heavy atom. The minimum absolute atomic E-state index is 0.0168. The number of pyridine rings is 2. The fourth-order valence-electron chi connectivity index (χ4n) is 5.75. The van der Waals surface area contributed by atoms with Crippen molar-refractivity contribution < 1.29 is 13.6 Å². The molecule has 0 saturated carbocycles. The predicted molar refractivity (Wildman–Crippen MR) is 174 cm³/mol. The summed E-state index contributed by atoms with van der Waals surface area (Å²) < 4.78 is 31.4. The van der Waals surface area contributed by atoms with Crippen LogP contribution in [0.3, 0.4) is 0 Å². The van der Waals surface area contributed by atoms with Gasteiger partial charge in [0, 0.05) is 31.6 Å². The molecule has 1 aromatic carbocycles. The molecule has 5 rings (SSSR count). The largest absolute Gasteiger partial charge is 0.394 e. The van der Waals surface area contributed by atoms with Crippen molar-refractivity contribution in [1.29, 1.82) is 5.26 Å². The van der Waals surface area contributed by atoms with E-state index in [-0.39, 0.29) is 58.6 Å². The van der Waals surface area contributed by atoms with E-state index in [1.165, 1.54) is 16.7 Å². The number of nitrogen functional groups attached to an aromatic ring is 1. The van der Waals surface area contributed by atoms with Gasteiger partial charge >= 0.3 is 0 Å². The zero-order chi connectivity index (χ0) is 32.9. The number of allylic oxidation sites excluding steroid dienone is 2. The molecule has 2 aliphatic rings. The first-order valence-corrected chi connectivity index (χ1v) is 15.1. The van der Waals surface area contributed by atoms with Crippen LogP contribution in [0.5, 0.6) is 0 Å². The van der Waals surface area contributed by atoms with Crippen LogP contribution in [0.25, 0.3) is 28.0 Å². The topological polar surface area (TPSA) is 120 Å². The standard InChI is InChI=1S/C31H28Cl3F2N7O2/c1-5-19(44)41-8-10-42(11-9-41)29-16-12-18(32)27(20-21(33)22(34)24(36)25(38)23(20)35)40-30(16)43(31(45)17(29)13-37)28-15(4)6-7-39-26(28)14(2)3/h5-7,12,14,26,39H,1,8-11,38H2,2-4H3. The van der Waals surface area contributed by atoms with Gasteiger partial charge in [0.25, 0.3) is 5.56 Å². The lowest BCUT2D eigenvalue weighted by Crippen LogP contribution is -2.49. The highest BCUT2D eigenvalue weighted by Gasteiger charge is 2.33. The van der Waals surface area contributed by atoms with Crippen molar-refractivity contribution in [2.75, 3.05) is 36.8 Å². The lowest BCUT2D eigenvalue weighted by Gasteiger charge is -2.37. The monoisotopic (exact) mass is 673 g/mol. The molecule has 234 valence electrons. The molecule has 2 aromatic heterocycles. The van der Waals surface area contributed by atoms with Crippen LogP contribution in [-0.4, -0.2) is 52.6 Å². The molecule has 0 bridgehead atoms. The maximum Gasteiger partial charge on any atom is 0.276 e. The van der Waals surface area contributed by atoms with Crippen molar-refractivity contribution in [3.63, 3.8) is 0 Å². The van der Waals surface area contributed by atoms with Gasteiger partial charge in [0.15, 0.2) is 11.6 Å². The van der Waals surface area contributed by atoms with Gasteiger partial charge in [-0.1, -0.05) is 55.2 Å². The summed E-state index contributed by atoms with van der Waals surface area (Å²) in [5.41, 5.74) is 4.87. The number of nitriles is 1. The van der Waals surface area contributed by atoms with Gasteiger partial charge < -0.3 is 20.9 Å². The summed E-state index contributed by atoms with van der Waals surface area (Å²) >= 11 is 19.2. The minimum atomic E-state index is -1.23. The number of rotatable bonds is 5. The van der Waals surface area contributed by atoms with Crippen LogP contribution >= 0.6 is 34.8 Å². The third-order valence-corrected chi connectivity index (χ3v) is 9.14. The highest BCUT2D eigenvalue weighted by molar-refractivity contribution is 6.44. The van der Waals surface area contributed by atoms with Gasteiger partial charge in [-0.15, -0.1) is 0 Å². The van der Waals surface area contributed by atoms with Crippen LogP contribution in [0.1, 0.15) is 26.3 Å². The fraction of sp³-hybridized carbons (Fsp3) is 0.290. The Morgan fingerprint density at radius 2 is 1.87 bits per heavy atom. The number of amides is 1. The highest BCUT2D eigenvalue weighted by Crippen LogP contribution is 2.44. The summed E-state index contributed by atoms with van der Waals surface area (Å²) in [4.78, 5) is 34.8. The Bertz CT molecular complexity index is 1910. The molecule has 0 spiro atoms. The van der Waals surface area contributed by atoms with Crippen molar-refractivity contribution in [3.05, 3.63) is 79.2 Å². The molecule has 1 amide bonds. The Balaban J connectivity index is 1.90. The first kappa shape index (κ1) is 32.3. The summed E-state index contributed by atoms with van der Waals surface area (Å²) in [6.07, 6.45) is 4.79. The average Bonchev–Trinajstić information content (AvgIpc) is 3.02. The lowest BCUT2D eigenvalue weighted by molar-refractivity contribution is -0.126. The second-order valence-electron chi connectivity index (χ2n) is 11.0. The molecular weight excluding hydrogens is 647 g/mol. The zero-order valence-electron chi connectivity index (χ0n) is 24.5. The number of aromatic nitrogens is 2. The zero-order valence-corrected chi connectivity index (χ0v) is 26.8. The number of fused-ring (bicyclic) bond motifs is 1. The molecule has 9 nitrogen and oxygen atoms in total. The molecule has 45 heavy (non-hydrogen) atoms. The Kier molecular flexibility index (Phi) is 8.86. The number of hydrogen-bond donors (Lipinski definition) is 2. The molecule has 1 fully saturated rings. The normalized spacial score (nSPS) is 16.8. The van der Waals surface area contributed by atoms with Gasteiger partial charge in [-0.3, -0.25) is 14.2 Å². The second-order valence-corrected chi connectivity index (χ2v) is 12.2. The van der Waals surface area contributed by atoms with Gasteiger partial charge in [0.05, 0.1) is 43.8 Å². The average molecular weight is 675 g/mol. The van der Waals surface area contributed by atoms with Crippen molar-refractivity contribution in [2.24, 2.45) is 5.92 Å². The van der Waals surface area contributed by atoms with Crippen LogP contribution < -0.4 is 21.5 Å². The van der Waals surface area contributed by atoms with Crippen molar-refractivity contribution in [1.82, 2.24) is 19.8 Å². The molecule has 1 atom stereocenters. The molecule has 2 aliphatic heterocycles. The first-order chi connectivity index (χ1) is 21.3. The number of nitrogens with zero attached hydrogens (tertiary/aromatic N) is 5. The Labute approximate surface area is 272 Å². The third kappa shape index (κ3) is 5.31. The van der Waals surface area contributed by atoms with Gasteiger partial charge in [0.1, 0.15) is 23.0 Å². The molecule has 0 radical (unpaired) electrons. The molecule has 1 unspecified atom stereocenters. The Hall–Kier alpha value is -4.11. The molecule has 3 aromatic rings. The summed E-state index contributed by atoms with van der Waals surface area (Å²) in [5.74, 6) is -2.70. The van der Waals surface area contributed by atoms with E-state index in [4.69, 9.17) is 45.5 Å². The summed E-state index contributed by atoms with van der Waals surface area (Å²) in [6.45, 7) is 10.5. The van der Waals surface area contributed by atoms with E-state index in [0.29, 0.717) is 24.2 Å². The maximum atomic E-state index is 15.6. The van der Waals surface area contributed by atoms with Crippen LogP contribution in [0.4, 0.5) is 20.2 Å². The number of nitrogens with one attached hydrogen (secondary N) is 1. The SMILES string of the molecule is C=CC(=O)N1CCN(c2c(C#N)c(=O)n(C3=C(C)C=CNC3C(C)C)c3nc(-c4c(F)c(N)c(F)c(Cl)c4Cl)c(Cl)cc23)CC1. The van der Waals surface area contributed by atoms with E-state index in [0.717, 1.165) is 5.57 Å². The number of piperazine rings is 1. The molecule has 3 N–H and O–H groups in total. The van der Waals surface area contributed by atoms with E-state index in [1.807, 2.05) is 25.7 Å². The molecule has 4 heterocycles. The molecular formula is C31H28Cl3F2N7O2. The number of benzene rings is 1. The number of dihydropyridines is 1. The number of halogens is 5. The van der Waals surface area contributed by atoms with Crippen LogP contribution in [0.15, 0.2) is 41.4 Å². The van der Waals surface area contributed by atoms with E-state index in [9.17, 15) is 19.2 Å². The number of anilines is 2. The van der Waals surface area contributed by atoms with Crippen LogP contribution in [-0.2, 0) is 4.79 Å². The second kappa shape index (κ2) is 12.4. The predicted octanol–water partition coefficient (Wildman–Crippen LogP) is 5.96. The highest BCUT2D eigenvalue weighted by atomic mass is 35.5. The van der Waals surface area contributed by atoms with Crippen molar-refractivity contribution in [2.45, 2.75) is 26.8 Å². The minimum Gasteiger partial charge on any atom is -0.394 e. The van der Waals surface area contributed by atoms with Crippen LogP contribution in [0, 0.1) is 28.9 Å². The molecule has 1 saturated heterocycles. The summed E-state index contributed by atoms with van der Waals surface area (Å²) in [5, 5.41) is 12.8. The van der Waals surface area contributed by atoms with Crippen LogP contribution in [0.2, 0.25) is 15.1 Å². The van der Waals surface area contributed by atoms with Gasteiger partial charge in [-0.25, -0.2) is 13.8 Å². The number of carbonyl (C=O) groups is 1. The third-order valence-electron chi connectivity index (χ3n) is 8.02.